The van der Waals surface area contributed by atoms with Crippen molar-refractivity contribution in [3.05, 3.63) is 129 Å². The summed E-state index contributed by atoms with van der Waals surface area (Å²) >= 11 is 0. The lowest BCUT2D eigenvalue weighted by Gasteiger charge is -2.48. The third-order valence-corrected chi connectivity index (χ3v) is 14.5. The summed E-state index contributed by atoms with van der Waals surface area (Å²) < 4.78 is 77.7. The fourth-order valence-electron chi connectivity index (χ4n) is 9.91. The van der Waals surface area contributed by atoms with Gasteiger partial charge in [-0.3, -0.25) is 38.9 Å². The van der Waals surface area contributed by atoms with Gasteiger partial charge in [0.05, 0.1) is 47.5 Å². The molecule has 20 heteroatoms. The van der Waals surface area contributed by atoms with E-state index in [1.165, 1.54) is 12.1 Å². The van der Waals surface area contributed by atoms with Crippen molar-refractivity contribution in [1.29, 1.82) is 0 Å². The van der Waals surface area contributed by atoms with Crippen LogP contribution in [0.15, 0.2) is 73.1 Å². The summed E-state index contributed by atoms with van der Waals surface area (Å²) in [6.07, 6.45) is 0.373. The first-order valence-corrected chi connectivity index (χ1v) is 24.2. The third-order valence-electron chi connectivity index (χ3n) is 14.5. The molecule has 6 N–H and O–H groups in total. The smallest absolute Gasteiger partial charge is 0.385 e. The molecule has 4 aliphatic rings. The number of benzene rings is 2. The second kappa shape index (κ2) is 22.0. The summed E-state index contributed by atoms with van der Waals surface area (Å²) in [7, 11) is 0. The summed E-state index contributed by atoms with van der Waals surface area (Å²) in [6, 6.07) is 14.2. The first-order valence-electron chi connectivity index (χ1n) is 24.2. The van der Waals surface area contributed by atoms with Gasteiger partial charge in [-0.2, -0.15) is 26.3 Å². The van der Waals surface area contributed by atoms with Gasteiger partial charge < -0.3 is 31.5 Å². The number of aryl methyl sites for hydroxylation is 4. The number of aliphatic hydroxyl groups is 2. The number of nitrogens with zero attached hydrogens (tertiary/aromatic N) is 4. The zero-order valence-corrected chi connectivity index (χ0v) is 40.7. The van der Waals surface area contributed by atoms with Crippen molar-refractivity contribution < 1.29 is 55.7 Å². The highest BCUT2D eigenvalue weighted by molar-refractivity contribution is 5.98. The predicted molar refractivity (Wildman–Crippen MR) is 254 cm³/mol. The Labute approximate surface area is 414 Å². The van der Waals surface area contributed by atoms with Crippen molar-refractivity contribution in [2.24, 2.45) is 0 Å². The molecule has 4 heterocycles. The molecule has 0 unspecified atom stereocenters. The maximum absolute atomic E-state index is 12.9. The number of likely N-dealkylation sites (tertiary alicyclic amines) is 2. The van der Waals surface area contributed by atoms with Gasteiger partial charge in [0.15, 0.2) is 0 Å². The predicted octanol–water partition coefficient (Wildman–Crippen LogP) is 6.16. The Morgan fingerprint density at radius 3 is 1.22 bits per heavy atom. The van der Waals surface area contributed by atoms with Gasteiger partial charge in [0.25, 0.3) is 11.8 Å². The maximum atomic E-state index is 12.9. The SMILES string of the molecule is Cc1ccc(C2(O)CCC(N3CC(NC(=O)CNC(=O)c4cc(C(F)(F)F)ccc4C)C3)CC2)cn1.Cc1ccc(C2(O)CCC(N3CC(NC(=O)CNC(=O)c4cc(C(F)(F)F)ccc4C)C3)CC2)cn1. The number of pyridine rings is 2. The number of hydrogen-bond acceptors (Lipinski definition) is 10. The second-order valence-electron chi connectivity index (χ2n) is 19.8. The Balaban J connectivity index is 0.000000211. The summed E-state index contributed by atoms with van der Waals surface area (Å²) in [5.74, 6) is -2.21. The first-order chi connectivity index (χ1) is 33.9. The number of aromatic nitrogens is 2. The number of halogens is 6. The molecular formula is C52H62F6N8O6. The van der Waals surface area contributed by atoms with Crippen LogP contribution in [0.3, 0.4) is 0 Å². The third kappa shape index (κ3) is 13.4. The maximum Gasteiger partial charge on any atom is 0.416 e. The zero-order valence-electron chi connectivity index (χ0n) is 40.7. The van der Waals surface area contributed by atoms with Gasteiger partial charge in [-0.05, 0) is 127 Å². The van der Waals surface area contributed by atoms with Crippen molar-refractivity contribution >= 4 is 23.6 Å². The lowest BCUT2D eigenvalue weighted by molar-refractivity contribution is -0.138. The lowest BCUT2D eigenvalue weighted by atomic mass is 9.77. The molecule has 14 nitrogen and oxygen atoms in total. The fourth-order valence-corrected chi connectivity index (χ4v) is 9.91. The number of nitrogens with one attached hydrogen (secondary N) is 4. The number of amides is 4. The van der Waals surface area contributed by atoms with Crippen molar-refractivity contribution in [3.8, 4) is 0 Å². The number of rotatable bonds is 12. The van der Waals surface area contributed by atoms with Gasteiger partial charge >= 0.3 is 12.4 Å². The summed E-state index contributed by atoms with van der Waals surface area (Å²) in [5.41, 5.74) is 0.579. The van der Waals surface area contributed by atoms with E-state index in [4.69, 9.17) is 0 Å². The fraction of sp³-hybridized carbons (Fsp3) is 0.500. The van der Waals surface area contributed by atoms with Gasteiger partial charge in [-0.1, -0.05) is 24.3 Å². The average molecular weight is 1010 g/mol. The normalized spacial score (nSPS) is 23.1. The molecule has 388 valence electrons. The van der Waals surface area contributed by atoms with Crippen LogP contribution in [0.2, 0.25) is 0 Å². The zero-order chi connectivity index (χ0) is 52.2. The van der Waals surface area contributed by atoms with Crippen LogP contribution in [-0.2, 0) is 33.1 Å². The molecule has 2 aliphatic heterocycles. The van der Waals surface area contributed by atoms with Crippen LogP contribution in [0.25, 0.3) is 0 Å². The van der Waals surface area contributed by atoms with E-state index >= 15 is 0 Å². The van der Waals surface area contributed by atoms with Crippen LogP contribution in [0.1, 0.15) is 117 Å². The highest BCUT2D eigenvalue weighted by atomic mass is 19.4. The van der Waals surface area contributed by atoms with Crippen molar-refractivity contribution in [2.75, 3.05) is 39.3 Å². The van der Waals surface area contributed by atoms with E-state index in [1.54, 1.807) is 26.2 Å². The highest BCUT2D eigenvalue weighted by Crippen LogP contribution is 2.41. The Bertz CT molecular complexity index is 2390. The molecule has 8 rings (SSSR count). The van der Waals surface area contributed by atoms with Crippen LogP contribution in [0.5, 0.6) is 0 Å². The molecule has 4 amide bonds. The standard InChI is InChI=1S/2C26H31F3N4O3/c2*1-16-3-5-18(26(27,28)29)11-22(16)24(35)31-13-23(34)32-20-14-33(15-20)21-7-9-25(36,10-8-21)19-6-4-17(2)30-12-19/h2*3-6,11-12,20-21,36H,7-10,13-15H2,1-2H3,(H,31,35)(H,32,34). The molecule has 2 aliphatic carbocycles. The minimum Gasteiger partial charge on any atom is -0.385 e. The summed E-state index contributed by atoms with van der Waals surface area (Å²) in [4.78, 5) is 62.4. The van der Waals surface area contributed by atoms with Crippen LogP contribution in [-0.4, -0.2) is 117 Å². The molecule has 4 fully saturated rings. The van der Waals surface area contributed by atoms with Gasteiger partial charge in [0.1, 0.15) is 0 Å². The minimum absolute atomic E-state index is 0.0493. The quantitative estimate of drug-likeness (QED) is 0.0899. The first kappa shape index (κ1) is 53.8. The molecular weight excluding hydrogens is 947 g/mol. The Kier molecular flexibility index (Phi) is 16.5. The van der Waals surface area contributed by atoms with Crippen molar-refractivity contribution in [3.63, 3.8) is 0 Å². The van der Waals surface area contributed by atoms with Crippen molar-refractivity contribution in [1.82, 2.24) is 41.0 Å². The molecule has 2 saturated heterocycles. The number of hydrogen-bond donors (Lipinski definition) is 6. The molecule has 0 spiro atoms. The highest BCUT2D eigenvalue weighted by Gasteiger charge is 2.42. The monoisotopic (exact) mass is 1010 g/mol. The number of carbonyl (C=O) groups excluding carboxylic acids is 4. The second-order valence-corrected chi connectivity index (χ2v) is 19.8. The van der Waals surface area contributed by atoms with E-state index in [0.29, 0.717) is 75.1 Å². The van der Waals surface area contributed by atoms with Crippen molar-refractivity contribution in [2.45, 2.75) is 127 Å². The molecule has 2 aromatic heterocycles. The number of alkyl halides is 6. The van der Waals surface area contributed by atoms with Crippen LogP contribution >= 0.6 is 0 Å². The number of carbonyl (C=O) groups is 4. The lowest BCUT2D eigenvalue weighted by Crippen LogP contribution is -2.63. The summed E-state index contributed by atoms with van der Waals surface area (Å²) in [6.45, 7) is 9.01. The van der Waals surface area contributed by atoms with Gasteiger partial charge in [-0.25, -0.2) is 0 Å². The largest absolute Gasteiger partial charge is 0.416 e. The Morgan fingerprint density at radius 1 is 0.569 bits per heavy atom. The molecule has 4 aromatic rings. The van der Waals surface area contributed by atoms with E-state index in [0.717, 1.165) is 72.5 Å². The van der Waals surface area contributed by atoms with Crippen LogP contribution in [0, 0.1) is 27.7 Å². The Hall–Kier alpha value is -5.96. The average Bonchev–Trinajstić information content (AvgIpc) is 3.30. The molecule has 72 heavy (non-hydrogen) atoms. The van der Waals surface area contributed by atoms with E-state index in [1.807, 2.05) is 38.1 Å². The van der Waals surface area contributed by atoms with Crippen LogP contribution < -0.4 is 21.3 Å². The minimum atomic E-state index is -4.55. The summed E-state index contributed by atoms with van der Waals surface area (Å²) in [5, 5.41) is 32.6. The van der Waals surface area contributed by atoms with E-state index in [-0.39, 0.29) is 48.1 Å². The topological polar surface area (TPSA) is 189 Å². The molecule has 0 radical (unpaired) electrons. The van der Waals surface area contributed by atoms with Crippen LogP contribution in [0.4, 0.5) is 26.3 Å². The molecule has 0 atom stereocenters. The van der Waals surface area contributed by atoms with E-state index < -0.39 is 46.5 Å². The van der Waals surface area contributed by atoms with Gasteiger partial charge in [-0.15, -0.1) is 0 Å². The van der Waals surface area contributed by atoms with Gasteiger partial charge in [0, 0.05) is 84.3 Å². The van der Waals surface area contributed by atoms with E-state index in [2.05, 4.69) is 41.0 Å². The molecule has 2 aromatic carbocycles. The molecule has 0 bridgehead atoms. The Morgan fingerprint density at radius 2 is 0.917 bits per heavy atom. The van der Waals surface area contributed by atoms with Gasteiger partial charge in [0.2, 0.25) is 11.8 Å². The van der Waals surface area contributed by atoms with E-state index in [9.17, 15) is 55.7 Å². The molecule has 2 saturated carbocycles.